The van der Waals surface area contributed by atoms with Crippen molar-refractivity contribution in [3.63, 3.8) is 0 Å². The van der Waals surface area contributed by atoms with Crippen molar-refractivity contribution in [2.24, 2.45) is 0 Å². The van der Waals surface area contributed by atoms with Crippen LogP contribution >= 0.6 is 0 Å². The molecule has 0 saturated heterocycles. The summed E-state index contributed by atoms with van der Waals surface area (Å²) in [5.74, 6) is -2.12. The zero-order chi connectivity index (χ0) is 22.4. The molecule has 2 aromatic carbocycles. The number of fused-ring (bicyclic) bond motifs is 1. The fourth-order valence-electron chi connectivity index (χ4n) is 3.65. The molecule has 0 atom stereocenters. The summed E-state index contributed by atoms with van der Waals surface area (Å²) in [6.45, 7) is 8.46. The smallest absolute Gasteiger partial charge is 0.197 e. The maximum absolute atomic E-state index is 14.7. The Morgan fingerprint density at radius 1 is 1.06 bits per heavy atom. The van der Waals surface area contributed by atoms with Crippen LogP contribution in [0.15, 0.2) is 40.8 Å². The number of carbonyl (C=O) groups is 1. The van der Waals surface area contributed by atoms with Crippen LogP contribution in [-0.2, 0) is 6.42 Å². The van der Waals surface area contributed by atoms with E-state index in [0.717, 1.165) is 38.1 Å². The maximum atomic E-state index is 14.7. The number of para-hydroxylation sites is 1. The number of hydrogen-bond acceptors (Lipinski definition) is 4. The Hall–Kier alpha value is -2.73. The molecule has 0 aliphatic rings. The van der Waals surface area contributed by atoms with Crippen LogP contribution in [0, 0.1) is 11.6 Å². The van der Waals surface area contributed by atoms with Crippen LogP contribution in [0.1, 0.15) is 55.3 Å². The van der Waals surface area contributed by atoms with E-state index in [0.29, 0.717) is 35.3 Å². The molecule has 1 aromatic heterocycles. The third-order valence-corrected chi connectivity index (χ3v) is 5.46. The summed E-state index contributed by atoms with van der Waals surface area (Å²) in [5.41, 5.74) is 0.905. The molecule has 3 aromatic rings. The average Bonchev–Trinajstić information content (AvgIpc) is 3.14. The van der Waals surface area contributed by atoms with Crippen molar-refractivity contribution >= 4 is 16.8 Å². The van der Waals surface area contributed by atoms with Crippen LogP contribution in [0.5, 0.6) is 5.75 Å². The first-order valence-electron chi connectivity index (χ1n) is 10.9. The van der Waals surface area contributed by atoms with Crippen molar-refractivity contribution in [2.75, 3.05) is 26.2 Å². The van der Waals surface area contributed by atoms with Gasteiger partial charge in [-0.25, -0.2) is 8.78 Å². The van der Waals surface area contributed by atoms with E-state index >= 15 is 0 Å². The zero-order valence-electron chi connectivity index (χ0n) is 18.3. The van der Waals surface area contributed by atoms with Crippen molar-refractivity contribution in [3.8, 4) is 5.75 Å². The minimum absolute atomic E-state index is 0.0598. The lowest BCUT2D eigenvalue weighted by Crippen LogP contribution is -2.28. The Balaban J connectivity index is 1.89. The highest BCUT2D eigenvalue weighted by Gasteiger charge is 2.24. The standard InChI is InChI=1S/C25H29F2NO3/c1-4-7-11-22-23(18-10-8-9-12-21(18)31-22)24(29)17-15-19(26)25(20(27)16-17)30-14-13-28(5-2)6-3/h8-10,12,15-16H,4-7,11,13-14H2,1-3H3. The molecule has 6 heteroatoms. The lowest BCUT2D eigenvalue weighted by Gasteiger charge is -2.18. The molecular formula is C25H29F2NO3. The molecule has 3 rings (SSSR count). The van der Waals surface area contributed by atoms with Gasteiger partial charge in [0.1, 0.15) is 18.0 Å². The zero-order valence-corrected chi connectivity index (χ0v) is 18.3. The molecular weight excluding hydrogens is 400 g/mol. The summed E-state index contributed by atoms with van der Waals surface area (Å²) < 4.78 is 40.6. The molecule has 0 radical (unpaired) electrons. The molecule has 0 amide bonds. The minimum Gasteiger partial charge on any atom is -0.486 e. The molecule has 0 unspecified atom stereocenters. The predicted octanol–water partition coefficient (Wildman–Crippen LogP) is 6.01. The van der Waals surface area contributed by atoms with E-state index in [1.54, 1.807) is 12.1 Å². The van der Waals surface area contributed by atoms with Crippen molar-refractivity contribution in [2.45, 2.75) is 40.0 Å². The quantitative estimate of drug-likeness (QED) is 0.350. The van der Waals surface area contributed by atoms with E-state index < -0.39 is 23.2 Å². The number of aryl methyl sites for hydroxylation is 1. The van der Waals surface area contributed by atoms with E-state index in [-0.39, 0.29) is 12.2 Å². The number of rotatable bonds is 11. The highest BCUT2D eigenvalue weighted by molar-refractivity contribution is 6.16. The fourth-order valence-corrected chi connectivity index (χ4v) is 3.65. The Kier molecular flexibility index (Phi) is 7.80. The first kappa shape index (κ1) is 22.9. The molecule has 0 aliphatic heterocycles. The van der Waals surface area contributed by atoms with Gasteiger partial charge in [0.15, 0.2) is 23.2 Å². The minimum atomic E-state index is -0.884. The largest absolute Gasteiger partial charge is 0.486 e. The number of carbonyl (C=O) groups excluding carboxylic acids is 1. The topological polar surface area (TPSA) is 42.7 Å². The second-order valence-electron chi connectivity index (χ2n) is 7.47. The lowest BCUT2D eigenvalue weighted by atomic mass is 9.98. The summed E-state index contributed by atoms with van der Waals surface area (Å²) >= 11 is 0. The summed E-state index contributed by atoms with van der Waals surface area (Å²) in [5, 5.41) is 0.652. The monoisotopic (exact) mass is 429 g/mol. The first-order chi connectivity index (χ1) is 15.0. The third kappa shape index (κ3) is 5.13. The predicted molar refractivity (Wildman–Crippen MR) is 118 cm³/mol. The molecule has 0 saturated carbocycles. The van der Waals surface area contributed by atoms with Gasteiger partial charge in [-0.3, -0.25) is 4.79 Å². The van der Waals surface area contributed by atoms with Gasteiger partial charge >= 0.3 is 0 Å². The van der Waals surface area contributed by atoms with Crippen LogP contribution in [0.25, 0.3) is 11.0 Å². The van der Waals surface area contributed by atoms with Crippen molar-refractivity contribution < 1.29 is 22.7 Å². The summed E-state index contributed by atoms with van der Waals surface area (Å²) in [4.78, 5) is 15.4. The van der Waals surface area contributed by atoms with Gasteiger partial charge in [0.2, 0.25) is 0 Å². The van der Waals surface area contributed by atoms with Crippen LogP contribution in [0.2, 0.25) is 0 Å². The van der Waals surface area contributed by atoms with E-state index in [1.165, 1.54) is 0 Å². The van der Waals surface area contributed by atoms with Crippen LogP contribution < -0.4 is 4.74 Å². The second kappa shape index (κ2) is 10.5. The Labute approximate surface area is 181 Å². The van der Waals surface area contributed by atoms with Gasteiger partial charge < -0.3 is 14.1 Å². The van der Waals surface area contributed by atoms with Crippen LogP contribution in [0.4, 0.5) is 8.78 Å². The lowest BCUT2D eigenvalue weighted by molar-refractivity contribution is 0.103. The summed E-state index contributed by atoms with van der Waals surface area (Å²) in [7, 11) is 0. The molecule has 0 aliphatic carbocycles. The number of likely N-dealkylation sites (N-methyl/N-ethyl adjacent to an activating group) is 1. The normalized spacial score (nSPS) is 11.4. The van der Waals surface area contributed by atoms with Crippen molar-refractivity contribution in [1.82, 2.24) is 4.90 Å². The fraction of sp³-hybridized carbons (Fsp3) is 0.400. The van der Waals surface area contributed by atoms with Gasteiger partial charge in [-0.2, -0.15) is 0 Å². The molecule has 0 spiro atoms. The number of unbranched alkanes of at least 4 members (excludes halogenated alkanes) is 1. The molecule has 4 nitrogen and oxygen atoms in total. The number of nitrogens with zero attached hydrogens (tertiary/aromatic N) is 1. The third-order valence-electron chi connectivity index (χ3n) is 5.46. The molecule has 1 heterocycles. The number of benzene rings is 2. The highest BCUT2D eigenvalue weighted by Crippen LogP contribution is 2.31. The van der Waals surface area contributed by atoms with Gasteiger partial charge in [-0.15, -0.1) is 0 Å². The van der Waals surface area contributed by atoms with Gasteiger partial charge in [0, 0.05) is 23.9 Å². The maximum Gasteiger partial charge on any atom is 0.197 e. The van der Waals surface area contributed by atoms with E-state index in [4.69, 9.17) is 9.15 Å². The van der Waals surface area contributed by atoms with Gasteiger partial charge in [0.25, 0.3) is 0 Å². The van der Waals surface area contributed by atoms with Crippen molar-refractivity contribution in [1.29, 1.82) is 0 Å². The molecule has 0 N–H and O–H groups in total. The molecule has 31 heavy (non-hydrogen) atoms. The van der Waals surface area contributed by atoms with Gasteiger partial charge in [0.05, 0.1) is 5.56 Å². The highest BCUT2D eigenvalue weighted by atomic mass is 19.1. The van der Waals surface area contributed by atoms with Gasteiger partial charge in [-0.1, -0.05) is 45.4 Å². The number of hydrogen-bond donors (Lipinski definition) is 0. The Morgan fingerprint density at radius 3 is 2.39 bits per heavy atom. The number of halogens is 2. The number of furan rings is 1. The Bertz CT molecular complexity index is 1020. The van der Waals surface area contributed by atoms with E-state index in [9.17, 15) is 13.6 Å². The molecule has 0 fully saturated rings. The summed E-state index contributed by atoms with van der Waals surface area (Å²) in [6, 6.07) is 9.31. The summed E-state index contributed by atoms with van der Waals surface area (Å²) in [6.07, 6.45) is 2.37. The second-order valence-corrected chi connectivity index (χ2v) is 7.47. The number of ether oxygens (including phenoxy) is 1. The Morgan fingerprint density at radius 2 is 1.74 bits per heavy atom. The van der Waals surface area contributed by atoms with Gasteiger partial charge in [-0.05, 0) is 37.7 Å². The average molecular weight is 430 g/mol. The van der Waals surface area contributed by atoms with Crippen LogP contribution in [-0.4, -0.2) is 36.9 Å². The SMILES string of the molecule is CCCCc1oc2ccccc2c1C(=O)c1cc(F)c(OCCN(CC)CC)c(F)c1. The number of ketones is 1. The first-order valence-corrected chi connectivity index (χ1v) is 10.9. The molecule has 166 valence electrons. The van der Waals surface area contributed by atoms with E-state index in [1.807, 2.05) is 32.9 Å². The van der Waals surface area contributed by atoms with E-state index in [2.05, 4.69) is 4.90 Å². The van der Waals surface area contributed by atoms with Crippen molar-refractivity contribution in [3.05, 3.63) is 64.9 Å². The van der Waals surface area contributed by atoms with Crippen LogP contribution in [0.3, 0.4) is 0 Å². The molecule has 0 bridgehead atoms.